The molecule has 0 bridgehead atoms. The van der Waals surface area contributed by atoms with E-state index in [4.69, 9.17) is 0 Å². The molecule has 2 atom stereocenters. The van der Waals surface area contributed by atoms with Crippen LogP contribution >= 0.6 is 0 Å². The fourth-order valence-electron chi connectivity index (χ4n) is 2.30. The fourth-order valence-corrected chi connectivity index (χ4v) is 2.30. The Morgan fingerprint density at radius 2 is 1.92 bits per heavy atom. The molecule has 0 spiro atoms. The second-order valence-electron chi connectivity index (χ2n) is 5.63. The molecule has 1 heterocycles. The zero-order chi connectivity index (χ0) is 17.5. The Kier molecular flexibility index (Phi) is 6.28. The number of methoxy groups -OCH3 is 1. The van der Waals surface area contributed by atoms with Crippen molar-refractivity contribution in [2.24, 2.45) is 0 Å². The third-order valence-electron chi connectivity index (χ3n) is 3.67. The molecule has 2 amide bonds. The van der Waals surface area contributed by atoms with Gasteiger partial charge in [0.15, 0.2) is 0 Å². The zero-order valence-electron chi connectivity index (χ0n) is 13.7. The lowest BCUT2D eigenvalue weighted by molar-refractivity contribution is -0.140. The molecule has 4 N–H and O–H groups in total. The van der Waals surface area contributed by atoms with E-state index in [-0.39, 0.29) is 42.8 Å². The van der Waals surface area contributed by atoms with Crippen molar-refractivity contribution in [2.75, 3.05) is 19.0 Å². The van der Waals surface area contributed by atoms with E-state index in [9.17, 15) is 14.4 Å². The van der Waals surface area contributed by atoms with Gasteiger partial charge in [-0.3, -0.25) is 19.8 Å². The first-order chi connectivity index (χ1) is 11.5. The molecule has 1 aromatic rings. The van der Waals surface area contributed by atoms with Crippen LogP contribution in [0.1, 0.15) is 30.1 Å². The van der Waals surface area contributed by atoms with Crippen molar-refractivity contribution in [3.63, 3.8) is 0 Å². The van der Waals surface area contributed by atoms with Crippen LogP contribution in [0.2, 0.25) is 0 Å². The van der Waals surface area contributed by atoms with E-state index in [1.54, 1.807) is 24.3 Å². The van der Waals surface area contributed by atoms with Crippen LogP contribution in [0.3, 0.4) is 0 Å². The van der Waals surface area contributed by atoms with E-state index >= 15 is 0 Å². The highest BCUT2D eigenvalue weighted by Gasteiger charge is 2.26. The number of carbonyl (C=O) groups excluding carboxylic acids is 3. The molecule has 8 nitrogen and oxygen atoms in total. The summed E-state index contributed by atoms with van der Waals surface area (Å²) < 4.78 is 4.50. The van der Waals surface area contributed by atoms with Crippen LogP contribution in [0.15, 0.2) is 24.3 Å². The molecule has 1 aromatic carbocycles. The van der Waals surface area contributed by atoms with Gasteiger partial charge in [0.05, 0.1) is 13.5 Å². The molecule has 1 saturated heterocycles. The average Bonchev–Trinajstić information content (AvgIpc) is 3.01. The third-order valence-corrected chi connectivity index (χ3v) is 3.67. The van der Waals surface area contributed by atoms with Gasteiger partial charge in [-0.25, -0.2) is 5.43 Å². The van der Waals surface area contributed by atoms with Crippen molar-refractivity contribution in [1.82, 2.24) is 16.2 Å². The minimum atomic E-state index is -0.377. The number of amides is 2. The minimum Gasteiger partial charge on any atom is -0.469 e. The van der Waals surface area contributed by atoms with Crippen LogP contribution in [0, 0.1) is 0 Å². The van der Waals surface area contributed by atoms with Crippen LogP contribution in [-0.2, 0) is 14.3 Å². The lowest BCUT2D eigenvalue weighted by atomic mass is 10.1. The number of ether oxygens (including phenoxy) is 1. The number of hydrazine groups is 1. The van der Waals surface area contributed by atoms with E-state index < -0.39 is 0 Å². The maximum Gasteiger partial charge on any atom is 0.307 e. The van der Waals surface area contributed by atoms with Crippen molar-refractivity contribution in [2.45, 2.75) is 31.8 Å². The van der Waals surface area contributed by atoms with Gasteiger partial charge in [-0.05, 0) is 37.6 Å². The van der Waals surface area contributed by atoms with Crippen LogP contribution < -0.4 is 21.5 Å². The summed E-state index contributed by atoms with van der Waals surface area (Å²) >= 11 is 0. The molecule has 8 heteroatoms. The van der Waals surface area contributed by atoms with Gasteiger partial charge in [0, 0.05) is 23.8 Å². The molecule has 0 radical (unpaired) electrons. The van der Waals surface area contributed by atoms with E-state index in [1.165, 1.54) is 7.11 Å². The van der Waals surface area contributed by atoms with E-state index in [2.05, 4.69) is 26.2 Å². The Hall–Kier alpha value is -2.45. The van der Waals surface area contributed by atoms with Crippen LogP contribution in [0.25, 0.3) is 0 Å². The third kappa shape index (κ3) is 5.04. The highest BCUT2D eigenvalue weighted by molar-refractivity contribution is 5.97. The standard InChI is InChI=1S/C16H22N4O4/c1-10-9-13(20-19-10)16(23)18-12-5-3-11(4-6-12)15(22)17-8-7-14(21)24-2/h3-6,10,13,19-20H,7-9H2,1-2H3,(H,17,22)(H,18,23). The number of benzene rings is 1. The SMILES string of the molecule is COC(=O)CCNC(=O)c1ccc(NC(=O)C2CC(C)NN2)cc1. The molecule has 0 saturated carbocycles. The highest BCUT2D eigenvalue weighted by Crippen LogP contribution is 2.12. The molecule has 130 valence electrons. The normalized spacial score (nSPS) is 19.6. The van der Waals surface area contributed by atoms with Crippen LogP contribution in [0.5, 0.6) is 0 Å². The predicted molar refractivity (Wildman–Crippen MR) is 88.2 cm³/mol. The first-order valence-corrected chi connectivity index (χ1v) is 7.76. The van der Waals surface area contributed by atoms with Gasteiger partial charge in [-0.2, -0.15) is 0 Å². The Morgan fingerprint density at radius 3 is 2.50 bits per heavy atom. The van der Waals surface area contributed by atoms with Crippen LogP contribution in [0.4, 0.5) is 5.69 Å². The number of esters is 1. The number of nitrogens with one attached hydrogen (secondary N) is 4. The Morgan fingerprint density at radius 1 is 1.21 bits per heavy atom. The molecular formula is C16H22N4O4. The molecule has 1 aliphatic rings. The molecule has 1 fully saturated rings. The molecular weight excluding hydrogens is 312 g/mol. The molecule has 0 aliphatic carbocycles. The summed E-state index contributed by atoms with van der Waals surface area (Å²) in [4.78, 5) is 35.0. The number of carbonyl (C=O) groups is 3. The number of hydrogen-bond donors (Lipinski definition) is 4. The topological polar surface area (TPSA) is 109 Å². The van der Waals surface area contributed by atoms with E-state index in [0.717, 1.165) is 0 Å². The molecule has 1 aliphatic heterocycles. The second-order valence-corrected chi connectivity index (χ2v) is 5.63. The van der Waals surface area contributed by atoms with E-state index in [0.29, 0.717) is 17.7 Å². The summed E-state index contributed by atoms with van der Waals surface area (Å²) in [7, 11) is 1.30. The quantitative estimate of drug-likeness (QED) is 0.553. The van der Waals surface area contributed by atoms with Gasteiger partial charge in [0.1, 0.15) is 6.04 Å². The summed E-state index contributed by atoms with van der Waals surface area (Å²) in [6, 6.07) is 6.54. The van der Waals surface area contributed by atoms with Gasteiger partial charge in [0.25, 0.3) is 5.91 Å². The maximum absolute atomic E-state index is 12.1. The monoisotopic (exact) mass is 334 g/mol. The molecule has 24 heavy (non-hydrogen) atoms. The first-order valence-electron chi connectivity index (χ1n) is 7.76. The zero-order valence-corrected chi connectivity index (χ0v) is 13.7. The maximum atomic E-state index is 12.1. The van der Waals surface area contributed by atoms with Crippen molar-refractivity contribution < 1.29 is 19.1 Å². The molecule has 2 unspecified atom stereocenters. The number of anilines is 1. The smallest absolute Gasteiger partial charge is 0.307 e. The van der Waals surface area contributed by atoms with Gasteiger partial charge in [0.2, 0.25) is 5.91 Å². The number of rotatable bonds is 6. The highest BCUT2D eigenvalue weighted by atomic mass is 16.5. The van der Waals surface area contributed by atoms with Crippen molar-refractivity contribution in [3.05, 3.63) is 29.8 Å². The van der Waals surface area contributed by atoms with Gasteiger partial charge >= 0.3 is 5.97 Å². The lowest BCUT2D eigenvalue weighted by Gasteiger charge is -2.11. The van der Waals surface area contributed by atoms with Crippen molar-refractivity contribution in [1.29, 1.82) is 0 Å². The fraction of sp³-hybridized carbons (Fsp3) is 0.438. The van der Waals surface area contributed by atoms with Gasteiger partial charge in [-0.1, -0.05) is 0 Å². The minimum absolute atomic E-state index is 0.122. The summed E-state index contributed by atoms with van der Waals surface area (Å²) in [5.74, 6) is -0.785. The largest absolute Gasteiger partial charge is 0.469 e. The predicted octanol–water partition coefficient (Wildman–Crippen LogP) is 0.173. The molecule has 0 aromatic heterocycles. The second kappa shape index (κ2) is 8.42. The summed E-state index contributed by atoms with van der Waals surface area (Å²) in [5.41, 5.74) is 6.99. The Labute approximate surface area is 140 Å². The van der Waals surface area contributed by atoms with Crippen LogP contribution in [-0.4, -0.2) is 43.5 Å². The summed E-state index contributed by atoms with van der Waals surface area (Å²) in [6.07, 6.45) is 0.837. The van der Waals surface area contributed by atoms with Gasteiger partial charge < -0.3 is 15.4 Å². The Bertz CT molecular complexity index is 603. The average molecular weight is 334 g/mol. The Balaban J connectivity index is 1.82. The van der Waals surface area contributed by atoms with E-state index in [1.807, 2.05) is 6.92 Å². The lowest BCUT2D eigenvalue weighted by Crippen LogP contribution is -2.39. The summed E-state index contributed by atoms with van der Waals surface area (Å²) in [6.45, 7) is 2.20. The number of hydrogen-bond acceptors (Lipinski definition) is 6. The first kappa shape index (κ1) is 17.9. The van der Waals surface area contributed by atoms with Crippen molar-refractivity contribution in [3.8, 4) is 0 Å². The summed E-state index contributed by atoms with van der Waals surface area (Å²) in [5, 5.41) is 5.43. The van der Waals surface area contributed by atoms with Gasteiger partial charge in [-0.15, -0.1) is 0 Å². The molecule has 2 rings (SSSR count). The van der Waals surface area contributed by atoms with Crippen molar-refractivity contribution >= 4 is 23.5 Å².